The van der Waals surface area contributed by atoms with E-state index in [4.69, 9.17) is 10.2 Å². The van der Waals surface area contributed by atoms with E-state index < -0.39 is 11.7 Å². The van der Waals surface area contributed by atoms with Crippen LogP contribution in [0.15, 0.2) is 51.7 Å². The molecule has 4 nitrogen and oxygen atoms in total. The molecular formula is C17H9F3N2O2S. The highest BCUT2D eigenvalue weighted by molar-refractivity contribution is 7.22. The van der Waals surface area contributed by atoms with Gasteiger partial charge in [0.1, 0.15) is 11.3 Å². The van der Waals surface area contributed by atoms with E-state index >= 15 is 0 Å². The zero-order valence-corrected chi connectivity index (χ0v) is 13.2. The monoisotopic (exact) mass is 362 g/mol. The molecule has 0 unspecified atom stereocenters. The zero-order chi connectivity index (χ0) is 17.8. The fraction of sp³-hybridized carbons (Fsp3) is 0.0588. The number of thiazole rings is 1. The van der Waals surface area contributed by atoms with Crippen molar-refractivity contribution in [2.45, 2.75) is 6.18 Å². The van der Waals surface area contributed by atoms with Crippen LogP contribution >= 0.6 is 11.3 Å². The van der Waals surface area contributed by atoms with Gasteiger partial charge in [0.2, 0.25) is 0 Å². The van der Waals surface area contributed by atoms with E-state index in [1.807, 2.05) is 0 Å². The molecule has 0 aliphatic rings. The van der Waals surface area contributed by atoms with Gasteiger partial charge in [0.25, 0.3) is 0 Å². The van der Waals surface area contributed by atoms with Crippen molar-refractivity contribution in [3.8, 4) is 11.3 Å². The molecule has 0 aliphatic heterocycles. The third-order valence-corrected chi connectivity index (χ3v) is 4.68. The molecule has 25 heavy (non-hydrogen) atoms. The lowest BCUT2D eigenvalue weighted by molar-refractivity contribution is -0.137. The van der Waals surface area contributed by atoms with Crippen molar-refractivity contribution in [2.24, 2.45) is 0 Å². The van der Waals surface area contributed by atoms with E-state index in [-0.39, 0.29) is 11.2 Å². The number of hydrogen-bond donors (Lipinski definition) is 1. The number of halogens is 3. The van der Waals surface area contributed by atoms with Crippen LogP contribution in [-0.2, 0) is 6.18 Å². The lowest BCUT2D eigenvalue weighted by atomic mass is 10.1. The molecule has 0 aliphatic carbocycles. The number of hydrogen-bond acceptors (Lipinski definition) is 5. The minimum absolute atomic E-state index is 0.197. The number of nitrogen functional groups attached to an aromatic ring is 1. The molecule has 0 amide bonds. The van der Waals surface area contributed by atoms with Gasteiger partial charge in [0.05, 0.1) is 21.2 Å². The first-order valence-electron chi connectivity index (χ1n) is 7.13. The Morgan fingerprint density at radius 2 is 1.80 bits per heavy atom. The third-order valence-electron chi connectivity index (χ3n) is 3.76. The van der Waals surface area contributed by atoms with Crippen LogP contribution in [0.4, 0.5) is 18.3 Å². The van der Waals surface area contributed by atoms with Crippen LogP contribution in [0.1, 0.15) is 5.56 Å². The van der Waals surface area contributed by atoms with E-state index in [9.17, 15) is 18.0 Å². The fourth-order valence-corrected chi connectivity index (χ4v) is 3.49. The first-order valence-corrected chi connectivity index (χ1v) is 7.95. The summed E-state index contributed by atoms with van der Waals surface area (Å²) in [6.07, 6.45) is -4.42. The van der Waals surface area contributed by atoms with E-state index in [0.29, 0.717) is 31.9 Å². The molecule has 0 atom stereocenters. The van der Waals surface area contributed by atoms with Gasteiger partial charge in [-0.1, -0.05) is 23.5 Å². The normalized spacial score (nSPS) is 12.1. The van der Waals surface area contributed by atoms with E-state index in [2.05, 4.69) is 4.98 Å². The van der Waals surface area contributed by atoms with Crippen molar-refractivity contribution in [3.05, 3.63) is 58.3 Å². The fourth-order valence-electron chi connectivity index (χ4n) is 2.61. The number of benzene rings is 2. The van der Waals surface area contributed by atoms with Crippen molar-refractivity contribution in [1.82, 2.24) is 4.98 Å². The van der Waals surface area contributed by atoms with E-state index in [0.717, 1.165) is 12.1 Å². The second-order valence-electron chi connectivity index (χ2n) is 5.39. The summed E-state index contributed by atoms with van der Waals surface area (Å²) in [5.41, 5.74) is 5.94. The molecule has 0 spiro atoms. The Hall–Kier alpha value is -2.87. The van der Waals surface area contributed by atoms with Gasteiger partial charge >= 0.3 is 6.18 Å². The van der Waals surface area contributed by atoms with Crippen LogP contribution in [0.5, 0.6) is 0 Å². The number of rotatable bonds is 1. The highest BCUT2D eigenvalue weighted by Gasteiger charge is 2.30. The summed E-state index contributed by atoms with van der Waals surface area (Å²) in [5, 5.41) is 0.705. The van der Waals surface area contributed by atoms with Crippen molar-refractivity contribution in [3.63, 3.8) is 0 Å². The maximum absolute atomic E-state index is 12.7. The number of aromatic nitrogens is 1. The van der Waals surface area contributed by atoms with Gasteiger partial charge in [-0.15, -0.1) is 0 Å². The van der Waals surface area contributed by atoms with Gasteiger partial charge in [-0.05, 0) is 24.3 Å². The summed E-state index contributed by atoms with van der Waals surface area (Å²) < 4.78 is 44.3. The molecule has 8 heteroatoms. The Kier molecular flexibility index (Phi) is 3.33. The average molecular weight is 362 g/mol. The minimum Gasteiger partial charge on any atom is -0.456 e. The van der Waals surface area contributed by atoms with Crippen LogP contribution in [0.2, 0.25) is 0 Å². The first-order chi connectivity index (χ1) is 11.8. The van der Waals surface area contributed by atoms with Gasteiger partial charge in [-0.2, -0.15) is 13.2 Å². The molecule has 0 saturated heterocycles. The first kappa shape index (κ1) is 15.6. The Morgan fingerprint density at radius 1 is 1.08 bits per heavy atom. The lowest BCUT2D eigenvalue weighted by Crippen LogP contribution is -2.04. The van der Waals surface area contributed by atoms with Gasteiger partial charge in [-0.3, -0.25) is 4.79 Å². The van der Waals surface area contributed by atoms with Crippen LogP contribution in [0, 0.1) is 0 Å². The lowest BCUT2D eigenvalue weighted by Gasteiger charge is -2.08. The van der Waals surface area contributed by atoms with Gasteiger partial charge in [0.15, 0.2) is 10.6 Å². The van der Waals surface area contributed by atoms with Gasteiger partial charge in [-0.25, -0.2) is 4.98 Å². The number of nitrogens with zero attached hydrogens (tertiary/aromatic N) is 1. The average Bonchev–Trinajstić information content (AvgIpc) is 2.94. The molecule has 0 bridgehead atoms. The van der Waals surface area contributed by atoms with Crippen LogP contribution in [-0.4, -0.2) is 4.98 Å². The molecule has 2 N–H and O–H groups in total. The quantitative estimate of drug-likeness (QED) is 0.534. The predicted octanol–water partition coefficient (Wildman–Crippen LogP) is 4.67. The molecule has 0 radical (unpaired) electrons. The van der Waals surface area contributed by atoms with E-state index in [1.54, 1.807) is 12.1 Å². The number of anilines is 1. The number of nitrogens with two attached hydrogens (primary N) is 1. The van der Waals surface area contributed by atoms with E-state index in [1.165, 1.54) is 29.5 Å². The molecular weight excluding hydrogens is 353 g/mol. The topological polar surface area (TPSA) is 69.1 Å². The standard InChI is InChI=1S/C17H9F3N2O2S/c18-17(19,20)9-3-1-8(2-4-9)13-7-11(23)14-12(24-13)6-5-10-15(14)25-16(21)22-10/h1-7H,(H2,21,22). The van der Waals surface area contributed by atoms with Crippen LogP contribution in [0.25, 0.3) is 32.5 Å². The summed E-state index contributed by atoms with van der Waals surface area (Å²) >= 11 is 1.18. The Balaban J connectivity index is 1.89. The molecule has 2 aromatic heterocycles. The Labute approximate surface area is 142 Å². The number of fused-ring (bicyclic) bond motifs is 3. The number of alkyl halides is 3. The molecule has 4 aromatic rings. The molecule has 2 heterocycles. The summed E-state index contributed by atoms with van der Waals surface area (Å²) in [4.78, 5) is 16.6. The highest BCUT2D eigenvalue weighted by Crippen LogP contribution is 2.33. The van der Waals surface area contributed by atoms with Crippen molar-refractivity contribution < 1.29 is 17.6 Å². The van der Waals surface area contributed by atoms with Gasteiger partial charge < -0.3 is 10.2 Å². The Morgan fingerprint density at radius 3 is 2.48 bits per heavy atom. The molecule has 126 valence electrons. The Bertz CT molecular complexity index is 1160. The molecule has 2 aromatic carbocycles. The zero-order valence-electron chi connectivity index (χ0n) is 12.4. The summed E-state index contributed by atoms with van der Waals surface area (Å²) in [6.45, 7) is 0. The second-order valence-corrected chi connectivity index (χ2v) is 6.42. The minimum atomic E-state index is -4.42. The summed E-state index contributed by atoms with van der Waals surface area (Å²) in [6, 6.07) is 9.00. The summed E-state index contributed by atoms with van der Waals surface area (Å²) in [7, 11) is 0. The maximum Gasteiger partial charge on any atom is 0.416 e. The largest absolute Gasteiger partial charge is 0.456 e. The van der Waals surface area contributed by atoms with Gasteiger partial charge in [0, 0.05) is 11.6 Å². The van der Waals surface area contributed by atoms with Crippen molar-refractivity contribution in [1.29, 1.82) is 0 Å². The van der Waals surface area contributed by atoms with Crippen LogP contribution < -0.4 is 11.2 Å². The predicted molar refractivity (Wildman–Crippen MR) is 90.5 cm³/mol. The van der Waals surface area contributed by atoms with Crippen molar-refractivity contribution in [2.75, 3.05) is 5.73 Å². The third kappa shape index (κ3) is 2.64. The molecule has 0 saturated carbocycles. The van der Waals surface area contributed by atoms with Crippen LogP contribution in [0.3, 0.4) is 0 Å². The SMILES string of the molecule is Nc1nc2ccc3oc(-c4ccc(C(F)(F)F)cc4)cc(=O)c3c2s1. The smallest absolute Gasteiger partial charge is 0.416 e. The molecule has 4 rings (SSSR count). The van der Waals surface area contributed by atoms with Crippen molar-refractivity contribution >= 4 is 37.7 Å². The summed E-state index contributed by atoms with van der Waals surface area (Å²) in [5.74, 6) is 0.197. The second kappa shape index (κ2) is 5.32. The molecule has 0 fully saturated rings. The maximum atomic E-state index is 12.7. The highest BCUT2D eigenvalue weighted by atomic mass is 32.1.